The van der Waals surface area contributed by atoms with Crippen molar-refractivity contribution in [3.05, 3.63) is 64.4 Å². The van der Waals surface area contributed by atoms with Gasteiger partial charge in [-0.25, -0.2) is 8.42 Å². The molecule has 32 heavy (non-hydrogen) atoms. The second-order valence-corrected chi connectivity index (χ2v) is 10.7. The van der Waals surface area contributed by atoms with Crippen molar-refractivity contribution in [3.63, 3.8) is 0 Å². The van der Waals surface area contributed by atoms with E-state index in [-0.39, 0.29) is 0 Å². The number of sulfonamides is 1. The number of piperazine rings is 1. The minimum atomic E-state index is -3.49. The summed E-state index contributed by atoms with van der Waals surface area (Å²) in [7, 11) is -3.49. The molecule has 0 atom stereocenters. The maximum atomic E-state index is 13.2. The van der Waals surface area contributed by atoms with Gasteiger partial charge in [0.1, 0.15) is 0 Å². The fraction of sp³-hybridized carbons (Fsp3) is 0.409. The molecule has 168 valence electrons. The maximum absolute atomic E-state index is 13.2. The van der Waals surface area contributed by atoms with Crippen molar-refractivity contribution in [3.8, 4) is 5.69 Å². The number of hydrogen-bond donors (Lipinski definition) is 0. The lowest BCUT2D eigenvalue weighted by Gasteiger charge is -2.33. The normalized spacial score (nSPS) is 17.9. The van der Waals surface area contributed by atoms with Crippen LogP contribution in [0.2, 0.25) is 5.02 Å². The number of halogens is 1. The van der Waals surface area contributed by atoms with Crippen LogP contribution in [0.4, 0.5) is 0 Å². The van der Waals surface area contributed by atoms with Crippen molar-refractivity contribution >= 4 is 21.6 Å². The molecule has 1 aliphatic heterocycles. The zero-order valence-electron chi connectivity index (χ0n) is 17.7. The third kappa shape index (κ3) is 4.30. The summed E-state index contributed by atoms with van der Waals surface area (Å²) in [5.74, 6) is 0.707. The van der Waals surface area contributed by atoms with Crippen LogP contribution in [0, 0.1) is 0 Å². The number of benzene rings is 2. The molecule has 0 radical (unpaired) electrons. The first-order valence-corrected chi connectivity index (χ1v) is 12.7. The standard InChI is InChI=1S/C22H25ClN6O2S/c23-19-6-8-20(9-7-19)29-22(24-25-26-29)16-27-11-13-28(14-12-27)32(30,31)21-10-5-17-3-1-2-4-18(17)15-21/h5-10,15H,1-4,11-14,16H2. The Morgan fingerprint density at radius 1 is 0.906 bits per heavy atom. The van der Waals surface area contributed by atoms with E-state index in [9.17, 15) is 8.42 Å². The van der Waals surface area contributed by atoms with Crippen LogP contribution in [0.1, 0.15) is 29.8 Å². The van der Waals surface area contributed by atoms with Gasteiger partial charge in [0, 0.05) is 31.2 Å². The average molecular weight is 473 g/mol. The minimum Gasteiger partial charge on any atom is -0.293 e. The Labute approximate surface area is 192 Å². The third-order valence-electron chi connectivity index (χ3n) is 6.26. The molecule has 2 aliphatic rings. The van der Waals surface area contributed by atoms with Gasteiger partial charge in [-0.05, 0) is 83.6 Å². The predicted molar refractivity (Wildman–Crippen MR) is 121 cm³/mol. The molecular weight excluding hydrogens is 448 g/mol. The Balaban J connectivity index is 1.25. The fourth-order valence-electron chi connectivity index (χ4n) is 4.43. The van der Waals surface area contributed by atoms with Crippen LogP contribution in [0.25, 0.3) is 5.69 Å². The van der Waals surface area contributed by atoms with Crippen molar-refractivity contribution in [2.24, 2.45) is 0 Å². The van der Waals surface area contributed by atoms with Crippen LogP contribution in [0.3, 0.4) is 0 Å². The average Bonchev–Trinajstić information content (AvgIpc) is 3.27. The molecule has 8 nitrogen and oxygen atoms in total. The van der Waals surface area contributed by atoms with Crippen molar-refractivity contribution in [2.45, 2.75) is 37.1 Å². The van der Waals surface area contributed by atoms with E-state index in [1.807, 2.05) is 24.3 Å². The van der Waals surface area contributed by atoms with Gasteiger partial charge in [-0.3, -0.25) is 4.90 Å². The van der Waals surface area contributed by atoms with Gasteiger partial charge in [0.05, 0.1) is 17.1 Å². The van der Waals surface area contributed by atoms with E-state index >= 15 is 0 Å². The number of nitrogens with zero attached hydrogens (tertiary/aromatic N) is 6. The molecule has 0 saturated carbocycles. The van der Waals surface area contributed by atoms with E-state index in [2.05, 4.69) is 20.4 Å². The summed E-state index contributed by atoms with van der Waals surface area (Å²) in [5.41, 5.74) is 3.31. The summed E-state index contributed by atoms with van der Waals surface area (Å²) in [5, 5.41) is 12.7. The Kier molecular flexibility index (Phi) is 5.98. The molecule has 0 amide bonds. The highest BCUT2D eigenvalue weighted by Gasteiger charge is 2.30. The molecule has 0 spiro atoms. The van der Waals surface area contributed by atoms with E-state index in [0.717, 1.165) is 24.9 Å². The summed E-state index contributed by atoms with van der Waals surface area (Å²) in [6, 6.07) is 13.0. The van der Waals surface area contributed by atoms with Crippen molar-refractivity contribution < 1.29 is 8.42 Å². The summed E-state index contributed by atoms with van der Waals surface area (Å²) in [6.45, 7) is 2.68. The van der Waals surface area contributed by atoms with Crippen LogP contribution in [0.5, 0.6) is 0 Å². The molecule has 0 bridgehead atoms. The third-order valence-corrected chi connectivity index (χ3v) is 8.41. The predicted octanol–water partition coefficient (Wildman–Crippen LogP) is 2.70. The van der Waals surface area contributed by atoms with Crippen molar-refractivity contribution in [1.29, 1.82) is 0 Å². The molecule has 0 N–H and O–H groups in total. The van der Waals surface area contributed by atoms with Crippen LogP contribution >= 0.6 is 11.6 Å². The zero-order valence-corrected chi connectivity index (χ0v) is 19.3. The molecule has 2 heterocycles. The molecule has 10 heteroatoms. The van der Waals surface area contributed by atoms with Gasteiger partial charge in [-0.1, -0.05) is 17.7 Å². The van der Waals surface area contributed by atoms with E-state index in [0.29, 0.717) is 48.5 Å². The molecular formula is C22H25ClN6O2S. The quantitative estimate of drug-likeness (QED) is 0.567. The van der Waals surface area contributed by atoms with Gasteiger partial charge in [0.25, 0.3) is 0 Å². The van der Waals surface area contributed by atoms with Crippen molar-refractivity contribution in [2.75, 3.05) is 26.2 Å². The number of aryl methyl sites for hydroxylation is 2. The molecule has 0 unspecified atom stereocenters. The van der Waals surface area contributed by atoms with Gasteiger partial charge in [-0.15, -0.1) is 5.10 Å². The Hall–Kier alpha value is -2.33. The Morgan fingerprint density at radius 2 is 1.62 bits per heavy atom. The monoisotopic (exact) mass is 472 g/mol. The van der Waals surface area contributed by atoms with E-state index in [1.165, 1.54) is 17.5 Å². The van der Waals surface area contributed by atoms with E-state index in [4.69, 9.17) is 11.6 Å². The van der Waals surface area contributed by atoms with Crippen LogP contribution in [0.15, 0.2) is 47.4 Å². The number of hydrogen-bond acceptors (Lipinski definition) is 6. The highest BCUT2D eigenvalue weighted by Crippen LogP contribution is 2.26. The SMILES string of the molecule is O=S(=O)(c1ccc2c(c1)CCCC2)N1CCN(Cc2nnnn2-c2ccc(Cl)cc2)CC1. The fourth-order valence-corrected chi connectivity index (χ4v) is 6.03. The lowest BCUT2D eigenvalue weighted by molar-refractivity contribution is 0.177. The van der Waals surface area contributed by atoms with Gasteiger partial charge in [-0.2, -0.15) is 8.99 Å². The number of aromatic nitrogens is 4. The van der Waals surface area contributed by atoms with Crippen molar-refractivity contribution in [1.82, 2.24) is 29.4 Å². The summed E-state index contributed by atoms with van der Waals surface area (Å²) in [6.07, 6.45) is 4.33. The largest absolute Gasteiger partial charge is 0.293 e. The van der Waals surface area contributed by atoms with Gasteiger partial charge in [0.15, 0.2) is 5.82 Å². The summed E-state index contributed by atoms with van der Waals surface area (Å²) < 4.78 is 29.7. The lowest BCUT2D eigenvalue weighted by atomic mass is 9.92. The number of rotatable bonds is 5. The highest BCUT2D eigenvalue weighted by molar-refractivity contribution is 7.89. The highest BCUT2D eigenvalue weighted by atomic mass is 35.5. The van der Waals surface area contributed by atoms with Gasteiger partial charge < -0.3 is 0 Å². The number of fused-ring (bicyclic) bond motifs is 1. The van der Waals surface area contributed by atoms with E-state index in [1.54, 1.807) is 27.2 Å². The zero-order chi connectivity index (χ0) is 22.1. The Morgan fingerprint density at radius 3 is 2.38 bits per heavy atom. The number of tetrazole rings is 1. The molecule has 1 aliphatic carbocycles. The second-order valence-electron chi connectivity index (χ2n) is 8.30. The minimum absolute atomic E-state index is 0.415. The van der Waals surface area contributed by atoms with Gasteiger partial charge >= 0.3 is 0 Å². The molecule has 1 fully saturated rings. The molecule has 3 aromatic rings. The van der Waals surface area contributed by atoms with Crippen LogP contribution in [-0.2, 0) is 29.4 Å². The molecule has 1 aromatic heterocycles. The first kappa shape index (κ1) is 21.5. The summed E-state index contributed by atoms with van der Waals surface area (Å²) >= 11 is 5.98. The van der Waals surface area contributed by atoms with Gasteiger partial charge in [0.2, 0.25) is 10.0 Å². The topological polar surface area (TPSA) is 84.2 Å². The van der Waals surface area contributed by atoms with Crippen LogP contribution < -0.4 is 0 Å². The Bertz CT molecular complexity index is 1200. The van der Waals surface area contributed by atoms with Crippen LogP contribution in [-0.4, -0.2) is 64.0 Å². The lowest BCUT2D eigenvalue weighted by Crippen LogP contribution is -2.48. The maximum Gasteiger partial charge on any atom is 0.243 e. The summed E-state index contributed by atoms with van der Waals surface area (Å²) in [4.78, 5) is 2.59. The second kappa shape index (κ2) is 8.90. The smallest absolute Gasteiger partial charge is 0.243 e. The first-order chi connectivity index (χ1) is 15.5. The molecule has 5 rings (SSSR count). The molecule has 2 aromatic carbocycles. The molecule has 1 saturated heterocycles. The first-order valence-electron chi connectivity index (χ1n) is 10.9. The van der Waals surface area contributed by atoms with E-state index < -0.39 is 10.0 Å².